The van der Waals surface area contributed by atoms with Gasteiger partial charge < -0.3 is 10.4 Å². The summed E-state index contributed by atoms with van der Waals surface area (Å²) < 4.78 is 0. The molecule has 2 nitrogen and oxygen atoms in total. The van der Waals surface area contributed by atoms with Crippen molar-refractivity contribution >= 4 is 11.8 Å². The Bertz CT molecular complexity index is 143. The number of aliphatic hydroxyl groups excluding tert-OH is 1. The second kappa shape index (κ2) is 7.55. The fourth-order valence-electron chi connectivity index (χ4n) is 2.04. The lowest BCUT2D eigenvalue weighted by Crippen LogP contribution is -2.22. The maximum atomic E-state index is 9.34. The smallest absolute Gasteiger partial charge is 0.0543 e. The van der Waals surface area contributed by atoms with Crippen LogP contribution in [0.5, 0.6) is 0 Å². The lowest BCUT2D eigenvalue weighted by atomic mass is 10.1. The van der Waals surface area contributed by atoms with E-state index < -0.39 is 0 Å². The van der Waals surface area contributed by atoms with Gasteiger partial charge in [0, 0.05) is 0 Å². The maximum Gasteiger partial charge on any atom is 0.0543 e. The highest BCUT2D eigenvalue weighted by Crippen LogP contribution is 2.24. The summed E-state index contributed by atoms with van der Waals surface area (Å²) in [5.74, 6) is 2.01. The van der Waals surface area contributed by atoms with Gasteiger partial charge >= 0.3 is 0 Å². The van der Waals surface area contributed by atoms with E-state index in [1.54, 1.807) is 0 Å². The standard InChI is InChI=1S/C11H23NOS/c1-14-7-3-2-6-12-9-10-4-5-11(13)8-10/h10-13H,2-9H2,1H3. The zero-order valence-corrected chi connectivity index (χ0v) is 9.98. The van der Waals surface area contributed by atoms with Gasteiger partial charge in [-0.15, -0.1) is 0 Å². The van der Waals surface area contributed by atoms with Crippen molar-refractivity contribution in [3.8, 4) is 0 Å². The van der Waals surface area contributed by atoms with Gasteiger partial charge in [0.05, 0.1) is 6.10 Å². The Labute approximate surface area is 91.9 Å². The molecule has 0 aromatic rings. The molecule has 1 aliphatic carbocycles. The van der Waals surface area contributed by atoms with E-state index in [4.69, 9.17) is 0 Å². The first-order chi connectivity index (χ1) is 6.83. The minimum atomic E-state index is -0.0155. The van der Waals surface area contributed by atoms with E-state index in [1.807, 2.05) is 11.8 Å². The molecule has 1 rings (SSSR count). The van der Waals surface area contributed by atoms with E-state index >= 15 is 0 Å². The predicted molar refractivity (Wildman–Crippen MR) is 63.8 cm³/mol. The Kier molecular flexibility index (Phi) is 6.65. The first-order valence-electron chi connectivity index (χ1n) is 5.70. The van der Waals surface area contributed by atoms with Crippen molar-refractivity contribution < 1.29 is 5.11 Å². The summed E-state index contributed by atoms with van der Waals surface area (Å²) in [6.07, 6.45) is 7.99. The van der Waals surface area contributed by atoms with Crippen molar-refractivity contribution in [2.75, 3.05) is 25.1 Å². The molecule has 84 valence electrons. The number of unbranched alkanes of at least 4 members (excludes halogenated alkanes) is 1. The third-order valence-electron chi connectivity index (χ3n) is 2.90. The quantitative estimate of drug-likeness (QED) is 0.639. The van der Waals surface area contributed by atoms with Gasteiger partial charge in [0.25, 0.3) is 0 Å². The molecule has 0 bridgehead atoms. The van der Waals surface area contributed by atoms with Crippen LogP contribution < -0.4 is 5.32 Å². The van der Waals surface area contributed by atoms with E-state index in [0.29, 0.717) is 0 Å². The number of nitrogens with one attached hydrogen (secondary N) is 1. The van der Waals surface area contributed by atoms with E-state index in [0.717, 1.165) is 31.8 Å². The molecule has 2 N–H and O–H groups in total. The Hall–Kier alpha value is 0.270. The zero-order chi connectivity index (χ0) is 10.2. The highest BCUT2D eigenvalue weighted by Gasteiger charge is 2.21. The predicted octanol–water partition coefficient (Wildman–Crippen LogP) is 1.88. The van der Waals surface area contributed by atoms with Gasteiger partial charge in [-0.3, -0.25) is 0 Å². The van der Waals surface area contributed by atoms with Crippen molar-refractivity contribution in [3.63, 3.8) is 0 Å². The molecule has 1 saturated carbocycles. The number of hydrogen-bond acceptors (Lipinski definition) is 3. The van der Waals surface area contributed by atoms with Crippen molar-refractivity contribution in [1.29, 1.82) is 0 Å². The Morgan fingerprint density at radius 3 is 2.86 bits per heavy atom. The van der Waals surface area contributed by atoms with E-state index in [2.05, 4.69) is 11.6 Å². The summed E-state index contributed by atoms with van der Waals surface area (Å²) in [4.78, 5) is 0. The molecule has 0 aromatic heterocycles. The lowest BCUT2D eigenvalue weighted by Gasteiger charge is -2.10. The number of hydrogen-bond donors (Lipinski definition) is 2. The van der Waals surface area contributed by atoms with Crippen LogP contribution >= 0.6 is 11.8 Å². The number of rotatable bonds is 7. The average molecular weight is 217 g/mol. The maximum absolute atomic E-state index is 9.34. The molecule has 0 amide bonds. The molecule has 3 heteroatoms. The van der Waals surface area contributed by atoms with Crippen LogP contribution in [-0.2, 0) is 0 Å². The van der Waals surface area contributed by atoms with E-state index in [9.17, 15) is 5.11 Å². The molecule has 0 heterocycles. The molecule has 0 radical (unpaired) electrons. The number of aliphatic hydroxyl groups is 1. The fraction of sp³-hybridized carbons (Fsp3) is 1.00. The molecule has 1 fully saturated rings. The Balaban J connectivity index is 1.84. The van der Waals surface area contributed by atoms with Gasteiger partial charge in [-0.05, 0) is 63.1 Å². The molecular weight excluding hydrogens is 194 g/mol. The van der Waals surface area contributed by atoms with Gasteiger partial charge in [0.15, 0.2) is 0 Å². The van der Waals surface area contributed by atoms with Crippen LogP contribution in [0.4, 0.5) is 0 Å². The SMILES string of the molecule is CSCCCCNCC1CCC(O)C1. The molecule has 0 saturated heterocycles. The minimum absolute atomic E-state index is 0.0155. The highest BCUT2D eigenvalue weighted by molar-refractivity contribution is 7.98. The normalized spacial score (nSPS) is 27.0. The second-order valence-electron chi connectivity index (χ2n) is 4.24. The van der Waals surface area contributed by atoms with Gasteiger partial charge in [-0.25, -0.2) is 0 Å². The summed E-state index contributed by atoms with van der Waals surface area (Å²) in [6, 6.07) is 0. The molecule has 2 unspecified atom stereocenters. The van der Waals surface area contributed by atoms with Crippen LogP contribution in [0.15, 0.2) is 0 Å². The van der Waals surface area contributed by atoms with Crippen molar-refractivity contribution in [3.05, 3.63) is 0 Å². The molecule has 0 aliphatic heterocycles. The first kappa shape index (κ1) is 12.3. The van der Waals surface area contributed by atoms with Crippen LogP contribution in [0.25, 0.3) is 0 Å². The van der Waals surface area contributed by atoms with E-state index in [-0.39, 0.29) is 6.10 Å². The van der Waals surface area contributed by atoms with Crippen LogP contribution in [0.3, 0.4) is 0 Å². The molecular formula is C11H23NOS. The van der Waals surface area contributed by atoms with Gasteiger partial charge in [-0.2, -0.15) is 11.8 Å². The monoisotopic (exact) mass is 217 g/mol. The number of thioether (sulfide) groups is 1. The second-order valence-corrected chi connectivity index (χ2v) is 5.22. The first-order valence-corrected chi connectivity index (χ1v) is 7.10. The topological polar surface area (TPSA) is 32.3 Å². The van der Waals surface area contributed by atoms with Gasteiger partial charge in [-0.1, -0.05) is 0 Å². The van der Waals surface area contributed by atoms with Gasteiger partial charge in [0.2, 0.25) is 0 Å². The van der Waals surface area contributed by atoms with Crippen LogP contribution in [0.2, 0.25) is 0 Å². The summed E-state index contributed by atoms with van der Waals surface area (Å²) in [7, 11) is 0. The zero-order valence-electron chi connectivity index (χ0n) is 9.17. The molecule has 0 aromatic carbocycles. The van der Waals surface area contributed by atoms with Crippen LogP contribution in [0, 0.1) is 5.92 Å². The third-order valence-corrected chi connectivity index (χ3v) is 3.60. The van der Waals surface area contributed by atoms with Crippen LogP contribution in [-0.4, -0.2) is 36.3 Å². The van der Waals surface area contributed by atoms with Crippen molar-refractivity contribution in [2.24, 2.45) is 5.92 Å². The largest absolute Gasteiger partial charge is 0.393 e. The molecule has 14 heavy (non-hydrogen) atoms. The van der Waals surface area contributed by atoms with Crippen molar-refractivity contribution in [1.82, 2.24) is 5.32 Å². The summed E-state index contributed by atoms with van der Waals surface area (Å²) >= 11 is 1.92. The Morgan fingerprint density at radius 1 is 1.36 bits per heavy atom. The summed E-state index contributed by atoms with van der Waals surface area (Å²) in [6.45, 7) is 2.25. The fourth-order valence-corrected chi connectivity index (χ4v) is 2.53. The van der Waals surface area contributed by atoms with E-state index in [1.165, 1.54) is 25.0 Å². The van der Waals surface area contributed by atoms with Crippen molar-refractivity contribution in [2.45, 2.75) is 38.2 Å². The highest BCUT2D eigenvalue weighted by atomic mass is 32.2. The molecule has 1 aliphatic rings. The summed E-state index contributed by atoms with van der Waals surface area (Å²) in [5, 5.41) is 12.8. The van der Waals surface area contributed by atoms with Crippen LogP contribution in [0.1, 0.15) is 32.1 Å². The molecule has 2 atom stereocenters. The average Bonchev–Trinajstić information content (AvgIpc) is 2.58. The lowest BCUT2D eigenvalue weighted by molar-refractivity contribution is 0.177. The summed E-state index contributed by atoms with van der Waals surface area (Å²) in [5.41, 5.74) is 0. The third kappa shape index (κ3) is 5.23. The Morgan fingerprint density at radius 2 is 2.21 bits per heavy atom. The van der Waals surface area contributed by atoms with Gasteiger partial charge in [0.1, 0.15) is 0 Å². The minimum Gasteiger partial charge on any atom is -0.393 e. The molecule has 0 spiro atoms.